The van der Waals surface area contributed by atoms with Gasteiger partial charge in [0, 0.05) is 6.54 Å². The van der Waals surface area contributed by atoms with E-state index in [1.807, 2.05) is 0 Å². The van der Waals surface area contributed by atoms with Crippen molar-refractivity contribution in [3.63, 3.8) is 0 Å². The number of halogens is 2. The van der Waals surface area contributed by atoms with Crippen LogP contribution in [0, 0.1) is 0 Å². The van der Waals surface area contributed by atoms with E-state index in [0.717, 1.165) is 0 Å². The Kier molecular flexibility index (Phi) is 5.83. The third kappa shape index (κ3) is 4.50. The lowest BCUT2D eigenvalue weighted by Gasteiger charge is -2.09. The lowest BCUT2D eigenvalue weighted by Crippen LogP contribution is -2.22. The summed E-state index contributed by atoms with van der Waals surface area (Å²) >= 11 is 11.8. The SMILES string of the molecule is O=C(COC(=O)CCn1c(=O)oc2ccccc21)Nc1cccc(Cl)c1Cl. The van der Waals surface area contributed by atoms with Gasteiger partial charge < -0.3 is 14.5 Å². The van der Waals surface area contributed by atoms with Gasteiger partial charge in [-0.1, -0.05) is 41.4 Å². The molecule has 0 bridgehead atoms. The Labute approximate surface area is 163 Å². The molecule has 1 N–H and O–H groups in total. The summed E-state index contributed by atoms with van der Waals surface area (Å²) in [4.78, 5) is 35.6. The number of para-hydroxylation sites is 2. The third-order valence-electron chi connectivity index (χ3n) is 3.70. The Balaban J connectivity index is 1.52. The molecule has 0 aliphatic rings. The summed E-state index contributed by atoms with van der Waals surface area (Å²) in [5.41, 5.74) is 1.35. The number of benzene rings is 2. The maximum atomic E-state index is 11.9. The number of carbonyl (C=O) groups excluding carboxylic acids is 2. The molecule has 1 heterocycles. The Morgan fingerprint density at radius 1 is 1.11 bits per heavy atom. The Hall–Kier alpha value is -2.77. The summed E-state index contributed by atoms with van der Waals surface area (Å²) in [5, 5.41) is 3.00. The second-order valence-electron chi connectivity index (χ2n) is 5.55. The fraction of sp³-hybridized carbons (Fsp3) is 0.167. The quantitative estimate of drug-likeness (QED) is 0.630. The molecule has 0 spiro atoms. The van der Waals surface area contributed by atoms with Crippen molar-refractivity contribution in [2.75, 3.05) is 11.9 Å². The summed E-state index contributed by atoms with van der Waals surface area (Å²) in [7, 11) is 0. The number of amides is 1. The Morgan fingerprint density at radius 3 is 2.70 bits per heavy atom. The maximum Gasteiger partial charge on any atom is 0.419 e. The molecule has 27 heavy (non-hydrogen) atoms. The molecule has 7 nitrogen and oxygen atoms in total. The van der Waals surface area contributed by atoms with Gasteiger partial charge in [-0.3, -0.25) is 14.2 Å². The molecule has 1 amide bonds. The number of aryl methyl sites for hydroxylation is 1. The lowest BCUT2D eigenvalue weighted by molar-refractivity contribution is -0.147. The number of nitrogens with zero attached hydrogens (tertiary/aromatic N) is 1. The Bertz CT molecular complexity index is 1060. The van der Waals surface area contributed by atoms with Crippen molar-refractivity contribution in [2.45, 2.75) is 13.0 Å². The molecule has 1 aromatic heterocycles. The van der Waals surface area contributed by atoms with Crippen LogP contribution in [-0.2, 0) is 20.9 Å². The fourth-order valence-electron chi connectivity index (χ4n) is 2.43. The van der Waals surface area contributed by atoms with Crippen molar-refractivity contribution < 1.29 is 18.7 Å². The smallest absolute Gasteiger partial charge is 0.419 e. The van der Waals surface area contributed by atoms with Crippen LogP contribution >= 0.6 is 23.2 Å². The fourth-order valence-corrected chi connectivity index (χ4v) is 2.78. The molecule has 3 rings (SSSR count). The number of esters is 1. The molecule has 140 valence electrons. The normalized spacial score (nSPS) is 10.7. The van der Waals surface area contributed by atoms with Crippen LogP contribution in [-0.4, -0.2) is 23.1 Å². The highest BCUT2D eigenvalue weighted by molar-refractivity contribution is 6.44. The molecule has 0 radical (unpaired) electrons. The number of oxazole rings is 1. The van der Waals surface area contributed by atoms with Crippen LogP contribution in [0.5, 0.6) is 0 Å². The first-order valence-electron chi connectivity index (χ1n) is 7.93. The topological polar surface area (TPSA) is 90.5 Å². The van der Waals surface area contributed by atoms with E-state index < -0.39 is 24.2 Å². The molecule has 9 heteroatoms. The van der Waals surface area contributed by atoms with Crippen molar-refractivity contribution in [1.29, 1.82) is 0 Å². The van der Waals surface area contributed by atoms with E-state index in [1.54, 1.807) is 42.5 Å². The summed E-state index contributed by atoms with van der Waals surface area (Å²) in [6, 6.07) is 11.7. The standard InChI is InChI=1S/C18H14Cl2N2O5/c19-11-4-3-5-12(17(11)20)21-15(23)10-26-16(24)8-9-22-13-6-1-2-7-14(13)27-18(22)25/h1-7H,8-10H2,(H,21,23). The predicted octanol–water partition coefficient (Wildman–Crippen LogP) is 3.47. The van der Waals surface area contributed by atoms with Gasteiger partial charge in [0.15, 0.2) is 12.2 Å². The number of aromatic nitrogens is 1. The van der Waals surface area contributed by atoms with Gasteiger partial charge in [-0.2, -0.15) is 0 Å². The highest BCUT2D eigenvalue weighted by Crippen LogP contribution is 2.29. The summed E-state index contributed by atoms with van der Waals surface area (Å²) in [6.07, 6.45) is -0.0887. The summed E-state index contributed by atoms with van der Waals surface area (Å²) in [5.74, 6) is -1.74. The van der Waals surface area contributed by atoms with Gasteiger partial charge >= 0.3 is 11.7 Å². The molecule has 3 aromatic rings. The first-order valence-corrected chi connectivity index (χ1v) is 8.69. The predicted molar refractivity (Wildman–Crippen MR) is 101 cm³/mol. The number of carbonyl (C=O) groups is 2. The van der Waals surface area contributed by atoms with E-state index in [-0.39, 0.29) is 18.0 Å². The average molecular weight is 409 g/mol. The number of fused-ring (bicyclic) bond motifs is 1. The van der Waals surface area contributed by atoms with Gasteiger partial charge in [-0.15, -0.1) is 0 Å². The number of rotatable bonds is 6. The zero-order valence-corrected chi connectivity index (χ0v) is 15.4. The van der Waals surface area contributed by atoms with Crippen molar-refractivity contribution in [3.8, 4) is 0 Å². The second kappa shape index (κ2) is 8.28. The van der Waals surface area contributed by atoms with E-state index in [1.165, 1.54) is 4.57 Å². The molecule has 0 atom stereocenters. The first-order chi connectivity index (χ1) is 13.0. The molecule has 2 aromatic carbocycles. The summed E-state index contributed by atoms with van der Waals surface area (Å²) in [6.45, 7) is -0.404. The molecular formula is C18H14Cl2N2O5. The van der Waals surface area contributed by atoms with Gasteiger partial charge in [0.25, 0.3) is 5.91 Å². The van der Waals surface area contributed by atoms with E-state index in [9.17, 15) is 14.4 Å². The highest BCUT2D eigenvalue weighted by atomic mass is 35.5. The summed E-state index contributed by atoms with van der Waals surface area (Å²) < 4.78 is 11.3. The molecular weight excluding hydrogens is 395 g/mol. The van der Waals surface area contributed by atoms with Crippen LogP contribution in [0.3, 0.4) is 0 Å². The van der Waals surface area contributed by atoms with Crippen LogP contribution in [0.25, 0.3) is 11.1 Å². The number of ether oxygens (including phenoxy) is 1. The minimum atomic E-state index is -0.625. The van der Waals surface area contributed by atoms with Crippen LogP contribution in [0.2, 0.25) is 10.0 Å². The number of hydrogen-bond acceptors (Lipinski definition) is 5. The molecule has 0 aliphatic carbocycles. The number of anilines is 1. The number of hydrogen-bond donors (Lipinski definition) is 1. The third-order valence-corrected chi connectivity index (χ3v) is 4.52. The van der Waals surface area contributed by atoms with Crippen LogP contribution in [0.1, 0.15) is 6.42 Å². The van der Waals surface area contributed by atoms with Crippen molar-refractivity contribution in [3.05, 3.63) is 63.1 Å². The molecule has 0 unspecified atom stereocenters. The van der Waals surface area contributed by atoms with Crippen molar-refractivity contribution >= 4 is 51.9 Å². The number of nitrogens with one attached hydrogen (secondary N) is 1. The van der Waals surface area contributed by atoms with Crippen LogP contribution < -0.4 is 11.1 Å². The van der Waals surface area contributed by atoms with Gasteiger partial charge in [-0.05, 0) is 24.3 Å². The first kappa shape index (κ1) is 19.0. The van der Waals surface area contributed by atoms with E-state index in [4.69, 9.17) is 32.4 Å². The zero-order valence-electron chi connectivity index (χ0n) is 13.9. The van der Waals surface area contributed by atoms with E-state index in [2.05, 4.69) is 5.32 Å². The largest absolute Gasteiger partial charge is 0.456 e. The second-order valence-corrected chi connectivity index (χ2v) is 6.33. The van der Waals surface area contributed by atoms with Crippen molar-refractivity contribution in [1.82, 2.24) is 4.57 Å². The molecule has 0 fully saturated rings. The monoisotopic (exact) mass is 408 g/mol. The van der Waals surface area contributed by atoms with Gasteiger partial charge in [0.05, 0.1) is 27.7 Å². The van der Waals surface area contributed by atoms with E-state index >= 15 is 0 Å². The maximum absolute atomic E-state index is 11.9. The lowest BCUT2D eigenvalue weighted by atomic mass is 10.3. The van der Waals surface area contributed by atoms with Gasteiger partial charge in [0.1, 0.15) is 0 Å². The van der Waals surface area contributed by atoms with Crippen molar-refractivity contribution in [2.24, 2.45) is 0 Å². The molecule has 0 saturated heterocycles. The molecule has 0 aliphatic heterocycles. The highest BCUT2D eigenvalue weighted by Gasteiger charge is 2.13. The van der Waals surface area contributed by atoms with E-state index in [0.29, 0.717) is 21.8 Å². The van der Waals surface area contributed by atoms with Gasteiger partial charge in [0.2, 0.25) is 0 Å². The Morgan fingerprint density at radius 2 is 1.89 bits per heavy atom. The van der Waals surface area contributed by atoms with Crippen LogP contribution in [0.15, 0.2) is 51.7 Å². The van der Waals surface area contributed by atoms with Gasteiger partial charge in [-0.25, -0.2) is 4.79 Å². The van der Waals surface area contributed by atoms with Crippen LogP contribution in [0.4, 0.5) is 5.69 Å². The minimum absolute atomic E-state index is 0.0798. The minimum Gasteiger partial charge on any atom is -0.456 e. The molecule has 0 saturated carbocycles. The average Bonchev–Trinajstić information content (AvgIpc) is 2.97. The zero-order chi connectivity index (χ0) is 19.4.